The van der Waals surface area contributed by atoms with E-state index < -0.39 is 0 Å². The highest BCUT2D eigenvalue weighted by Crippen LogP contribution is 2.45. The van der Waals surface area contributed by atoms with Crippen molar-refractivity contribution in [2.24, 2.45) is 0 Å². The topological polar surface area (TPSA) is 50.6 Å². The van der Waals surface area contributed by atoms with E-state index in [9.17, 15) is 0 Å². The van der Waals surface area contributed by atoms with E-state index in [1.54, 1.807) is 11.3 Å². The average Bonchev–Trinajstić information content (AvgIpc) is 4.30. The molecule has 6 nitrogen and oxygen atoms in total. The van der Waals surface area contributed by atoms with Crippen LogP contribution in [-0.4, -0.2) is 9.55 Å². The molecule has 16 aromatic rings. The van der Waals surface area contributed by atoms with Crippen molar-refractivity contribution >= 4 is 143 Å². The van der Waals surface area contributed by atoms with Crippen molar-refractivity contribution in [3.63, 3.8) is 0 Å². The highest BCUT2D eigenvalue weighted by atomic mass is 32.1. The number of anilines is 6. The second-order valence-electron chi connectivity index (χ2n) is 19.5. The molecule has 12 aromatic carbocycles. The van der Waals surface area contributed by atoms with E-state index in [2.05, 4.69) is 239 Å². The number of para-hydroxylation sites is 4. The van der Waals surface area contributed by atoms with Gasteiger partial charge in [0.2, 0.25) is 0 Å². The Morgan fingerprint density at radius 3 is 1.42 bits per heavy atom. The molecule has 4 aromatic heterocycles. The summed E-state index contributed by atoms with van der Waals surface area (Å²) in [4.78, 5) is 9.75. The number of hydrogen-bond acceptors (Lipinski definition) is 6. The summed E-state index contributed by atoms with van der Waals surface area (Å²) in [5.74, 6) is 0. The lowest BCUT2D eigenvalue weighted by atomic mass is 9.99. The first-order valence-corrected chi connectivity index (χ1v) is 26.4. The average molecular weight is 991 g/mol. The second-order valence-corrected chi connectivity index (χ2v) is 20.6. The normalized spacial score (nSPS) is 11.9. The van der Waals surface area contributed by atoms with Crippen molar-refractivity contribution in [3.8, 4) is 16.3 Å². The quantitative estimate of drug-likeness (QED) is 0.142. The van der Waals surface area contributed by atoms with Crippen LogP contribution in [0.1, 0.15) is 0 Å². The number of nitrogens with zero attached hydrogens (tertiary/aromatic N) is 4. The minimum absolute atomic E-state index is 0.849. The first kappa shape index (κ1) is 42.5. The van der Waals surface area contributed by atoms with Gasteiger partial charge in [0.25, 0.3) is 0 Å². The van der Waals surface area contributed by atoms with Gasteiger partial charge < -0.3 is 23.2 Å². The van der Waals surface area contributed by atoms with E-state index in [1.165, 1.54) is 27.1 Å². The molecule has 0 radical (unpaired) electrons. The molecular formula is C69H42N4O2S. The van der Waals surface area contributed by atoms with Gasteiger partial charge in [-0.15, -0.1) is 11.3 Å². The van der Waals surface area contributed by atoms with Gasteiger partial charge >= 0.3 is 0 Å². The van der Waals surface area contributed by atoms with Crippen LogP contribution >= 0.6 is 11.3 Å². The molecule has 4 heterocycles. The van der Waals surface area contributed by atoms with Gasteiger partial charge in [0.15, 0.2) is 0 Å². The second kappa shape index (κ2) is 16.8. The molecule has 0 unspecified atom stereocenters. The number of aromatic nitrogens is 2. The molecule has 356 valence electrons. The number of rotatable bonds is 8. The lowest BCUT2D eigenvalue weighted by Crippen LogP contribution is -2.10. The molecule has 0 saturated carbocycles. The fourth-order valence-corrected chi connectivity index (χ4v) is 12.6. The summed E-state index contributed by atoms with van der Waals surface area (Å²) < 4.78 is 16.5. The zero-order valence-electron chi connectivity index (χ0n) is 40.8. The maximum absolute atomic E-state index is 6.52. The molecule has 0 atom stereocenters. The fraction of sp³-hybridized carbons (Fsp3) is 0. The van der Waals surface area contributed by atoms with Crippen LogP contribution in [0.3, 0.4) is 0 Å². The van der Waals surface area contributed by atoms with Gasteiger partial charge in [-0.3, -0.25) is 0 Å². The Balaban J connectivity index is 0.836. The summed E-state index contributed by atoms with van der Waals surface area (Å²) in [5, 5.41) is 12.5. The Hall–Kier alpha value is -9.95. The molecular weight excluding hydrogens is 949 g/mol. The molecule has 0 spiro atoms. The van der Waals surface area contributed by atoms with Crippen LogP contribution < -0.4 is 9.80 Å². The minimum Gasteiger partial charge on any atom is -0.456 e. The van der Waals surface area contributed by atoms with Gasteiger partial charge in [-0.1, -0.05) is 127 Å². The Morgan fingerprint density at radius 2 is 0.789 bits per heavy atom. The smallest absolute Gasteiger partial charge is 0.137 e. The van der Waals surface area contributed by atoms with Crippen molar-refractivity contribution in [2.75, 3.05) is 9.80 Å². The number of hydrogen-bond donors (Lipinski definition) is 0. The third-order valence-corrected chi connectivity index (χ3v) is 16.2. The molecule has 0 amide bonds. The van der Waals surface area contributed by atoms with Gasteiger partial charge in [0, 0.05) is 89.8 Å². The maximum Gasteiger partial charge on any atom is 0.137 e. The summed E-state index contributed by atoms with van der Waals surface area (Å²) in [7, 11) is 0. The molecule has 0 aliphatic heterocycles. The summed E-state index contributed by atoms with van der Waals surface area (Å²) in [6, 6.07) is 91.2. The molecule has 0 fully saturated rings. The summed E-state index contributed by atoms with van der Waals surface area (Å²) in [5.41, 5.74) is 15.2. The van der Waals surface area contributed by atoms with E-state index in [-0.39, 0.29) is 0 Å². The van der Waals surface area contributed by atoms with E-state index in [4.69, 9.17) is 13.8 Å². The highest BCUT2D eigenvalue weighted by molar-refractivity contribution is 7.21. The van der Waals surface area contributed by atoms with Crippen LogP contribution in [-0.2, 0) is 0 Å². The predicted octanol–water partition coefficient (Wildman–Crippen LogP) is 20.1. The van der Waals surface area contributed by atoms with Crippen LogP contribution in [0, 0.1) is 0 Å². The lowest BCUT2D eigenvalue weighted by molar-refractivity contribution is 0.668. The zero-order chi connectivity index (χ0) is 49.8. The van der Waals surface area contributed by atoms with Crippen molar-refractivity contribution < 1.29 is 8.83 Å². The molecule has 0 aliphatic rings. The van der Waals surface area contributed by atoms with Crippen LogP contribution in [0.5, 0.6) is 0 Å². The third kappa shape index (κ3) is 6.76. The Morgan fingerprint density at radius 1 is 0.329 bits per heavy atom. The van der Waals surface area contributed by atoms with E-state index in [1.807, 2.05) is 30.3 Å². The van der Waals surface area contributed by atoms with Gasteiger partial charge in [-0.05, 0) is 137 Å². The molecule has 76 heavy (non-hydrogen) atoms. The maximum atomic E-state index is 6.52. The molecule has 0 aliphatic carbocycles. The molecule has 16 rings (SSSR count). The van der Waals surface area contributed by atoms with Crippen molar-refractivity contribution in [2.45, 2.75) is 0 Å². The number of benzene rings is 12. The number of fused-ring (bicyclic) bond motifs is 13. The molecule has 0 saturated heterocycles. The largest absolute Gasteiger partial charge is 0.456 e. The molecule has 0 bridgehead atoms. The Bertz CT molecular complexity index is 4970. The third-order valence-electron chi connectivity index (χ3n) is 15.1. The number of furan rings is 2. The van der Waals surface area contributed by atoms with Crippen molar-refractivity contribution in [1.82, 2.24) is 9.55 Å². The zero-order valence-corrected chi connectivity index (χ0v) is 41.6. The van der Waals surface area contributed by atoms with E-state index in [0.717, 1.165) is 121 Å². The van der Waals surface area contributed by atoms with E-state index >= 15 is 0 Å². The summed E-state index contributed by atoms with van der Waals surface area (Å²) in [6.45, 7) is 0. The van der Waals surface area contributed by atoms with Crippen LogP contribution in [0.15, 0.2) is 264 Å². The van der Waals surface area contributed by atoms with Crippen LogP contribution in [0.25, 0.3) is 114 Å². The molecule has 7 heteroatoms. The lowest BCUT2D eigenvalue weighted by Gasteiger charge is -2.27. The van der Waals surface area contributed by atoms with Gasteiger partial charge in [-0.2, -0.15) is 0 Å². The summed E-state index contributed by atoms with van der Waals surface area (Å²) in [6.07, 6.45) is 0. The SMILES string of the molecule is c1ccc(-c2nc3ccc(N(c4ccc5c(ccc6cc(N(c7ccc8c(c7)oc7ccccc78)c7ccc8c(c7)c7ccccc7n8-c7ccccc7)ccc65)c4)c4ccc5c(c4)oc4ccccc45)cc3s2)cc1. The first-order chi connectivity index (χ1) is 37.6. The standard InChI is InChI=1S/C69H42N4O2S/c1-3-13-43(14-4-1)69-70-61-35-29-52(42-68(61)76-69)72(51-28-34-59-57-19-9-12-22-65(57)75-67(59)41-51)48-26-32-54-45(38-48)24-23-44-37-47(25-31-53(44)54)71(50-27-33-58-56-18-8-11-21-64(56)74-66(58)40-50)49-30-36-63-60(39-49)55-17-7-10-20-62(55)73(63)46-15-5-2-6-16-46/h1-42H. The summed E-state index contributed by atoms with van der Waals surface area (Å²) >= 11 is 1.72. The highest BCUT2D eigenvalue weighted by Gasteiger charge is 2.22. The van der Waals surface area contributed by atoms with E-state index in [0.29, 0.717) is 0 Å². The van der Waals surface area contributed by atoms with Crippen LogP contribution in [0.4, 0.5) is 34.1 Å². The first-order valence-electron chi connectivity index (χ1n) is 25.6. The predicted molar refractivity (Wildman–Crippen MR) is 318 cm³/mol. The minimum atomic E-state index is 0.849. The van der Waals surface area contributed by atoms with Gasteiger partial charge in [0.1, 0.15) is 27.3 Å². The Kier molecular flexibility index (Phi) is 9.40. The van der Waals surface area contributed by atoms with Gasteiger partial charge in [-0.25, -0.2) is 4.98 Å². The van der Waals surface area contributed by atoms with Gasteiger partial charge in [0.05, 0.1) is 21.3 Å². The molecule has 0 N–H and O–H groups in total. The fourth-order valence-electron chi connectivity index (χ4n) is 11.6. The Labute approximate surface area is 439 Å². The van der Waals surface area contributed by atoms with Crippen LogP contribution in [0.2, 0.25) is 0 Å². The number of thiazole rings is 1. The van der Waals surface area contributed by atoms with Crippen molar-refractivity contribution in [3.05, 3.63) is 255 Å². The monoisotopic (exact) mass is 990 g/mol. The van der Waals surface area contributed by atoms with Crippen molar-refractivity contribution in [1.29, 1.82) is 0 Å².